The molecule has 0 aliphatic heterocycles. The monoisotopic (exact) mass is 392 g/mol. The minimum atomic E-state index is 0. The van der Waals surface area contributed by atoms with Crippen LogP contribution in [0.5, 0.6) is 0 Å². The Morgan fingerprint density at radius 2 is 1.82 bits per heavy atom. The fraction of sp³-hybridized carbons (Fsp3) is 0.750. The molecule has 0 bridgehead atoms. The van der Waals surface area contributed by atoms with Gasteiger partial charge < -0.3 is 27.0 Å². The molecule has 1 rings (SSSR count). The largest absolute Gasteiger partial charge is 1.00 e. The van der Waals surface area contributed by atoms with Crippen LogP contribution in [-0.2, 0) is 17.6 Å². The van der Waals surface area contributed by atoms with E-state index in [4.69, 9.17) is 5.11 Å². The molecule has 2 N–H and O–H groups in total. The van der Waals surface area contributed by atoms with Crippen molar-refractivity contribution in [2.24, 2.45) is 0 Å². The summed E-state index contributed by atoms with van der Waals surface area (Å²) in [6.45, 7) is 8.19. The van der Waals surface area contributed by atoms with E-state index in [9.17, 15) is 4.79 Å². The number of H-pyrrole nitrogens is 1. The number of carbonyl (C=O) groups excluding carboxylic acids is 1. The third kappa shape index (κ3) is 7.20. The van der Waals surface area contributed by atoms with Gasteiger partial charge in [0.25, 0.3) is 0 Å². The summed E-state index contributed by atoms with van der Waals surface area (Å²) in [6, 6.07) is 0. The lowest BCUT2D eigenvalue weighted by Crippen LogP contribution is -3.00. The molecule has 128 valence electrons. The molecule has 1 heterocycles. The van der Waals surface area contributed by atoms with E-state index in [0.29, 0.717) is 12.8 Å². The fourth-order valence-electron chi connectivity index (χ4n) is 2.26. The second kappa shape index (κ2) is 12.0. The average molecular weight is 393 g/mol. The first-order chi connectivity index (χ1) is 10.1. The lowest BCUT2D eigenvalue weighted by molar-refractivity contribution is -0.391. The molecule has 6 heteroatoms. The topological polar surface area (TPSA) is 54.7 Å². The number of halogens is 1. The van der Waals surface area contributed by atoms with Crippen molar-refractivity contribution in [2.45, 2.75) is 59.3 Å². The van der Waals surface area contributed by atoms with Crippen LogP contribution >= 0.6 is 11.3 Å². The molecule has 0 fully saturated rings. The maximum atomic E-state index is 12.5. The van der Waals surface area contributed by atoms with Crippen molar-refractivity contribution in [3.05, 3.63) is 15.6 Å². The van der Waals surface area contributed by atoms with Crippen molar-refractivity contribution < 1.29 is 31.9 Å². The molecular formula is C16H29BrN2O2S. The zero-order valence-electron chi connectivity index (χ0n) is 14.0. The molecule has 0 aromatic carbocycles. The SMILES string of the molecule is CCCCN(CCCC)C(=O)Cc1[nH+]c(C)c(CCO)s1.[Br-]. The first-order valence-electron chi connectivity index (χ1n) is 8.01. The Morgan fingerprint density at radius 1 is 1.23 bits per heavy atom. The van der Waals surface area contributed by atoms with Gasteiger partial charge in [0.1, 0.15) is 6.42 Å². The molecule has 1 amide bonds. The molecule has 1 aromatic heterocycles. The Bertz CT molecular complexity index is 430. The van der Waals surface area contributed by atoms with E-state index >= 15 is 0 Å². The van der Waals surface area contributed by atoms with Crippen molar-refractivity contribution in [3.8, 4) is 0 Å². The number of amides is 1. The number of thiazole rings is 1. The van der Waals surface area contributed by atoms with Gasteiger partial charge in [-0.3, -0.25) is 4.79 Å². The molecule has 22 heavy (non-hydrogen) atoms. The second-order valence-electron chi connectivity index (χ2n) is 5.44. The van der Waals surface area contributed by atoms with E-state index in [1.165, 1.54) is 0 Å². The zero-order valence-corrected chi connectivity index (χ0v) is 16.4. The molecule has 1 aromatic rings. The Hall–Kier alpha value is -0.460. The predicted octanol–water partition coefficient (Wildman–Crippen LogP) is -0.619. The normalized spacial score (nSPS) is 10.4. The summed E-state index contributed by atoms with van der Waals surface area (Å²) >= 11 is 1.61. The highest BCUT2D eigenvalue weighted by molar-refractivity contribution is 7.11. The summed E-state index contributed by atoms with van der Waals surface area (Å²) in [5.41, 5.74) is 1.07. The van der Waals surface area contributed by atoms with Gasteiger partial charge in [-0.2, -0.15) is 0 Å². The summed E-state index contributed by atoms with van der Waals surface area (Å²) in [5.74, 6) is 0.213. The Labute approximate surface area is 148 Å². The van der Waals surface area contributed by atoms with Crippen LogP contribution in [-0.4, -0.2) is 35.6 Å². The van der Waals surface area contributed by atoms with Gasteiger partial charge in [0, 0.05) is 33.0 Å². The highest BCUT2D eigenvalue weighted by Gasteiger charge is 2.20. The first-order valence-corrected chi connectivity index (χ1v) is 8.83. The Kier molecular flexibility index (Phi) is 11.8. The summed E-state index contributed by atoms with van der Waals surface area (Å²) in [6.07, 6.45) is 5.47. The van der Waals surface area contributed by atoms with Gasteiger partial charge in [0.15, 0.2) is 5.69 Å². The summed E-state index contributed by atoms with van der Waals surface area (Å²) < 4.78 is 0. The van der Waals surface area contributed by atoms with Crippen LogP contribution in [0.15, 0.2) is 0 Å². The van der Waals surface area contributed by atoms with Crippen LogP contribution in [0, 0.1) is 6.92 Å². The van der Waals surface area contributed by atoms with Crippen LogP contribution < -0.4 is 22.0 Å². The molecule has 4 nitrogen and oxygen atoms in total. The summed E-state index contributed by atoms with van der Waals surface area (Å²) in [7, 11) is 0. The van der Waals surface area contributed by atoms with E-state index in [1.807, 2.05) is 11.8 Å². The van der Waals surface area contributed by atoms with Gasteiger partial charge in [0.2, 0.25) is 10.9 Å². The molecule has 0 atom stereocenters. The van der Waals surface area contributed by atoms with Gasteiger partial charge in [-0.25, -0.2) is 4.98 Å². The van der Waals surface area contributed by atoms with Gasteiger partial charge in [0.05, 0.1) is 4.88 Å². The number of rotatable bonds is 10. The maximum absolute atomic E-state index is 12.5. The van der Waals surface area contributed by atoms with Crippen molar-refractivity contribution >= 4 is 17.2 Å². The standard InChI is InChI=1S/C16H28N2O2S.BrH/c1-4-6-9-18(10-7-5-2)16(20)12-15-17-13(3)14(21-15)8-11-19;/h19H,4-12H2,1-3H3;1H. The quantitative estimate of drug-likeness (QED) is 0.576. The van der Waals surface area contributed by atoms with E-state index < -0.39 is 0 Å². The molecule has 0 spiro atoms. The number of aryl methyl sites for hydroxylation is 1. The van der Waals surface area contributed by atoms with Gasteiger partial charge >= 0.3 is 0 Å². The first kappa shape index (κ1) is 21.5. The van der Waals surface area contributed by atoms with Gasteiger partial charge in [-0.05, 0) is 12.8 Å². The number of carbonyl (C=O) groups is 1. The number of nitrogens with one attached hydrogen (secondary N) is 1. The highest BCUT2D eigenvalue weighted by Crippen LogP contribution is 2.16. The number of aromatic amines is 1. The Morgan fingerprint density at radius 3 is 2.32 bits per heavy atom. The maximum Gasteiger partial charge on any atom is 0.245 e. The number of aliphatic hydroxyl groups is 1. The van der Waals surface area contributed by atoms with E-state index in [-0.39, 0.29) is 29.5 Å². The van der Waals surface area contributed by atoms with E-state index in [0.717, 1.165) is 54.4 Å². The van der Waals surface area contributed by atoms with Crippen molar-refractivity contribution in [1.82, 2.24) is 4.90 Å². The van der Waals surface area contributed by atoms with Crippen LogP contribution in [0.3, 0.4) is 0 Å². The third-order valence-corrected chi connectivity index (χ3v) is 4.81. The Balaban J connectivity index is 0.00000441. The molecule has 0 aliphatic carbocycles. The number of hydrogen-bond donors (Lipinski definition) is 1. The van der Waals surface area contributed by atoms with E-state index in [1.54, 1.807) is 11.3 Å². The van der Waals surface area contributed by atoms with Crippen LogP contribution in [0.25, 0.3) is 0 Å². The van der Waals surface area contributed by atoms with Crippen LogP contribution in [0.2, 0.25) is 0 Å². The lowest BCUT2D eigenvalue weighted by atomic mass is 10.2. The van der Waals surface area contributed by atoms with Crippen LogP contribution in [0.1, 0.15) is 55.1 Å². The van der Waals surface area contributed by atoms with E-state index in [2.05, 4.69) is 18.8 Å². The molecule has 0 saturated heterocycles. The molecule has 0 radical (unpaired) electrons. The van der Waals surface area contributed by atoms with Gasteiger partial charge in [-0.15, -0.1) is 0 Å². The van der Waals surface area contributed by atoms with Crippen molar-refractivity contribution in [2.75, 3.05) is 19.7 Å². The number of aliphatic hydroxyl groups excluding tert-OH is 1. The molecule has 0 saturated carbocycles. The second-order valence-corrected chi connectivity index (χ2v) is 6.63. The molecule has 0 unspecified atom stereocenters. The number of hydrogen-bond acceptors (Lipinski definition) is 3. The summed E-state index contributed by atoms with van der Waals surface area (Å²) in [4.78, 5) is 18.9. The van der Waals surface area contributed by atoms with Crippen molar-refractivity contribution in [3.63, 3.8) is 0 Å². The lowest BCUT2D eigenvalue weighted by Gasteiger charge is -2.21. The molecule has 0 aliphatic rings. The van der Waals surface area contributed by atoms with Crippen molar-refractivity contribution in [1.29, 1.82) is 0 Å². The number of nitrogens with zero attached hydrogens (tertiary/aromatic N) is 1. The smallest absolute Gasteiger partial charge is 0.245 e. The minimum absolute atomic E-state index is 0. The van der Waals surface area contributed by atoms with Gasteiger partial charge in [-0.1, -0.05) is 38.0 Å². The number of aromatic nitrogens is 1. The highest BCUT2D eigenvalue weighted by atomic mass is 79.9. The third-order valence-electron chi connectivity index (χ3n) is 3.56. The minimum Gasteiger partial charge on any atom is -1.00 e. The number of unbranched alkanes of at least 4 members (excludes halogenated alkanes) is 2. The zero-order chi connectivity index (χ0) is 15.7. The fourth-order valence-corrected chi connectivity index (χ4v) is 3.35. The molecular weight excluding hydrogens is 364 g/mol. The van der Waals surface area contributed by atoms with Crippen LogP contribution in [0.4, 0.5) is 0 Å². The summed E-state index contributed by atoms with van der Waals surface area (Å²) in [5, 5.41) is 10.0. The average Bonchev–Trinajstić information content (AvgIpc) is 2.79. The predicted molar refractivity (Wildman–Crippen MR) is 86.5 cm³/mol.